The molecular formula is C13H22N4O2S. The summed E-state index contributed by atoms with van der Waals surface area (Å²) in [6.45, 7) is 10.8. The van der Waals surface area contributed by atoms with E-state index in [1.807, 2.05) is 34.6 Å². The molecule has 1 heterocycles. The summed E-state index contributed by atoms with van der Waals surface area (Å²) >= 11 is 1.29. The van der Waals surface area contributed by atoms with Crippen molar-refractivity contribution in [2.75, 3.05) is 6.26 Å². The van der Waals surface area contributed by atoms with Gasteiger partial charge in [-0.2, -0.15) is 10.1 Å². The van der Waals surface area contributed by atoms with Crippen molar-refractivity contribution < 1.29 is 9.59 Å². The quantitative estimate of drug-likeness (QED) is 0.696. The van der Waals surface area contributed by atoms with Crippen LogP contribution in [0.15, 0.2) is 10.2 Å². The molecule has 0 spiro atoms. The highest BCUT2D eigenvalue weighted by Gasteiger charge is 2.45. The molecule has 0 saturated carbocycles. The second-order valence-electron chi connectivity index (χ2n) is 5.92. The minimum atomic E-state index is -0.654. The first kappa shape index (κ1) is 16.7. The van der Waals surface area contributed by atoms with Gasteiger partial charge in [-0.05, 0) is 25.5 Å². The Bertz CT molecular complexity index is 475. The summed E-state index contributed by atoms with van der Waals surface area (Å²) in [6, 6.07) is -0.654. The molecule has 2 amide bonds. The average molecular weight is 298 g/mol. The Morgan fingerprint density at radius 1 is 1.30 bits per heavy atom. The van der Waals surface area contributed by atoms with Crippen LogP contribution >= 0.6 is 11.8 Å². The third-order valence-electron chi connectivity index (χ3n) is 2.69. The lowest BCUT2D eigenvalue weighted by Crippen LogP contribution is -2.58. The maximum absolute atomic E-state index is 12.7. The van der Waals surface area contributed by atoms with Gasteiger partial charge >= 0.3 is 0 Å². The summed E-state index contributed by atoms with van der Waals surface area (Å²) < 4.78 is 0. The third kappa shape index (κ3) is 3.39. The van der Waals surface area contributed by atoms with E-state index >= 15 is 0 Å². The molecule has 1 atom stereocenters. The molecule has 0 aromatic carbocycles. The minimum Gasteiger partial charge on any atom is -0.273 e. The van der Waals surface area contributed by atoms with Gasteiger partial charge in [0.25, 0.3) is 5.91 Å². The molecule has 0 radical (unpaired) electrons. The molecule has 1 unspecified atom stereocenters. The summed E-state index contributed by atoms with van der Waals surface area (Å²) in [5.41, 5.74) is 0.329. The van der Waals surface area contributed by atoms with Gasteiger partial charge in [-0.3, -0.25) is 9.59 Å². The van der Waals surface area contributed by atoms with Crippen LogP contribution in [0.4, 0.5) is 0 Å². The van der Waals surface area contributed by atoms with Crippen molar-refractivity contribution >= 4 is 34.5 Å². The Morgan fingerprint density at radius 2 is 1.85 bits per heavy atom. The van der Waals surface area contributed by atoms with Gasteiger partial charge in [0.15, 0.2) is 0 Å². The lowest BCUT2D eigenvalue weighted by molar-refractivity contribution is -0.149. The number of hydrogen-bond acceptors (Lipinski definition) is 5. The Morgan fingerprint density at radius 3 is 2.20 bits per heavy atom. The average Bonchev–Trinajstić information content (AvgIpc) is 2.28. The number of nitrogens with zero attached hydrogens (tertiary/aromatic N) is 4. The van der Waals surface area contributed by atoms with Gasteiger partial charge in [0, 0.05) is 12.6 Å². The van der Waals surface area contributed by atoms with E-state index < -0.39 is 11.5 Å². The molecule has 7 heteroatoms. The monoisotopic (exact) mass is 298 g/mol. The Hall–Kier alpha value is -1.37. The van der Waals surface area contributed by atoms with E-state index in [0.29, 0.717) is 5.17 Å². The molecule has 1 aliphatic heterocycles. The van der Waals surface area contributed by atoms with Gasteiger partial charge in [0.05, 0.1) is 0 Å². The molecule has 6 nitrogen and oxygen atoms in total. The summed E-state index contributed by atoms with van der Waals surface area (Å²) in [7, 11) is 0. The second kappa shape index (κ2) is 5.95. The zero-order valence-electron chi connectivity index (χ0n) is 13.1. The number of hydrogen-bond donors (Lipinski definition) is 0. The van der Waals surface area contributed by atoms with Crippen molar-refractivity contribution in [1.29, 1.82) is 0 Å². The Kier molecular flexibility index (Phi) is 4.96. The van der Waals surface area contributed by atoms with Gasteiger partial charge in [-0.1, -0.05) is 32.5 Å². The van der Waals surface area contributed by atoms with Crippen molar-refractivity contribution in [2.45, 2.75) is 47.6 Å². The van der Waals surface area contributed by atoms with E-state index in [2.05, 4.69) is 10.2 Å². The number of hydrazone groups is 2. The van der Waals surface area contributed by atoms with E-state index in [9.17, 15) is 9.59 Å². The van der Waals surface area contributed by atoms with Crippen LogP contribution in [-0.2, 0) is 9.59 Å². The molecule has 0 bridgehead atoms. The predicted molar refractivity (Wildman–Crippen MR) is 82.3 cm³/mol. The fourth-order valence-electron chi connectivity index (χ4n) is 1.92. The molecular weight excluding hydrogens is 276 g/mol. The number of thioether (sulfide) groups is 1. The fourth-order valence-corrected chi connectivity index (χ4v) is 2.39. The molecule has 0 fully saturated rings. The van der Waals surface area contributed by atoms with Crippen molar-refractivity contribution in [2.24, 2.45) is 15.6 Å². The first-order valence-electron chi connectivity index (χ1n) is 6.37. The normalized spacial score (nSPS) is 19.9. The molecule has 0 N–H and O–H groups in total. The van der Waals surface area contributed by atoms with Crippen LogP contribution in [0.1, 0.15) is 41.5 Å². The first-order valence-corrected chi connectivity index (χ1v) is 7.60. The predicted octanol–water partition coefficient (Wildman–Crippen LogP) is 2.12. The van der Waals surface area contributed by atoms with E-state index in [0.717, 1.165) is 5.71 Å². The molecule has 112 valence electrons. The maximum Gasteiger partial charge on any atom is 0.274 e. The van der Waals surface area contributed by atoms with Crippen LogP contribution in [0, 0.1) is 5.41 Å². The van der Waals surface area contributed by atoms with E-state index in [4.69, 9.17) is 0 Å². The van der Waals surface area contributed by atoms with Gasteiger partial charge in [-0.25, -0.2) is 5.01 Å². The Labute approximate surface area is 124 Å². The lowest BCUT2D eigenvalue weighted by atomic mass is 9.85. The standard InChI is InChI=1S/C13H22N4O2S/c1-8(2)14-17-11(19)10(13(4,5)6)16(9(3)18)15-12(17)20-7/h10H,1-7H3. The molecule has 0 aliphatic carbocycles. The van der Waals surface area contributed by atoms with Crippen LogP contribution in [0.25, 0.3) is 0 Å². The van der Waals surface area contributed by atoms with Crippen LogP contribution < -0.4 is 0 Å². The minimum absolute atomic E-state index is 0.228. The number of rotatable bonds is 1. The zero-order chi connectivity index (χ0) is 15.7. The highest BCUT2D eigenvalue weighted by atomic mass is 32.2. The van der Waals surface area contributed by atoms with E-state index in [1.165, 1.54) is 28.7 Å². The van der Waals surface area contributed by atoms with Gasteiger partial charge in [0.2, 0.25) is 11.1 Å². The first-order chi connectivity index (χ1) is 9.09. The van der Waals surface area contributed by atoms with E-state index in [-0.39, 0.29) is 11.8 Å². The van der Waals surface area contributed by atoms with Crippen molar-refractivity contribution in [3.05, 3.63) is 0 Å². The highest BCUT2D eigenvalue weighted by molar-refractivity contribution is 8.13. The van der Waals surface area contributed by atoms with Crippen LogP contribution in [0.5, 0.6) is 0 Å². The Balaban J connectivity index is 3.40. The number of carbonyl (C=O) groups excluding carboxylic acids is 2. The zero-order valence-corrected chi connectivity index (χ0v) is 13.9. The van der Waals surface area contributed by atoms with Crippen molar-refractivity contribution in [3.63, 3.8) is 0 Å². The third-order valence-corrected chi connectivity index (χ3v) is 3.31. The number of amidine groups is 1. The van der Waals surface area contributed by atoms with Crippen LogP contribution in [-0.4, -0.2) is 45.0 Å². The summed E-state index contributed by atoms with van der Waals surface area (Å²) in [4.78, 5) is 24.5. The van der Waals surface area contributed by atoms with Crippen LogP contribution in [0.2, 0.25) is 0 Å². The number of carbonyl (C=O) groups is 2. The lowest BCUT2D eigenvalue weighted by Gasteiger charge is -2.40. The SMILES string of the molecule is CSC1=NN(C(C)=O)C(C(C)(C)C)C(=O)N1N=C(C)C. The summed E-state index contributed by atoms with van der Waals surface area (Å²) in [6.07, 6.45) is 1.80. The maximum atomic E-state index is 12.7. The molecule has 0 saturated heterocycles. The fraction of sp³-hybridized carbons (Fsp3) is 0.692. The van der Waals surface area contributed by atoms with Gasteiger partial charge < -0.3 is 0 Å². The van der Waals surface area contributed by atoms with Crippen molar-refractivity contribution in [3.8, 4) is 0 Å². The molecule has 1 rings (SSSR count). The molecule has 0 aromatic rings. The smallest absolute Gasteiger partial charge is 0.273 e. The number of amides is 2. The van der Waals surface area contributed by atoms with Gasteiger partial charge in [0.1, 0.15) is 6.04 Å². The van der Waals surface area contributed by atoms with Crippen molar-refractivity contribution in [1.82, 2.24) is 10.0 Å². The van der Waals surface area contributed by atoms with Gasteiger partial charge in [-0.15, -0.1) is 5.10 Å². The summed E-state index contributed by atoms with van der Waals surface area (Å²) in [5.74, 6) is -0.477. The largest absolute Gasteiger partial charge is 0.274 e. The van der Waals surface area contributed by atoms with Crippen LogP contribution in [0.3, 0.4) is 0 Å². The summed E-state index contributed by atoms with van der Waals surface area (Å²) in [5, 5.41) is 11.5. The molecule has 0 aromatic heterocycles. The topological polar surface area (TPSA) is 65.3 Å². The highest BCUT2D eigenvalue weighted by Crippen LogP contribution is 2.31. The van der Waals surface area contributed by atoms with E-state index in [1.54, 1.807) is 6.26 Å². The second-order valence-corrected chi connectivity index (χ2v) is 6.69. The molecule has 1 aliphatic rings. The molecule has 20 heavy (non-hydrogen) atoms.